The van der Waals surface area contributed by atoms with E-state index in [9.17, 15) is 4.79 Å². The van der Waals surface area contributed by atoms with E-state index in [1.165, 1.54) is 5.56 Å². The number of ether oxygens (including phenoxy) is 2. The molecule has 130 valence electrons. The highest BCUT2D eigenvalue weighted by molar-refractivity contribution is 5.76. The molecular weight excluding hydrogens is 306 g/mol. The number of hydrogen-bond donors (Lipinski definition) is 1. The molecule has 0 aliphatic carbocycles. The predicted molar refractivity (Wildman–Crippen MR) is 92.1 cm³/mol. The molecule has 24 heavy (non-hydrogen) atoms. The summed E-state index contributed by atoms with van der Waals surface area (Å²) in [4.78, 5) is 16.5. The summed E-state index contributed by atoms with van der Waals surface area (Å²) in [6.07, 6.45) is 2.36. The Morgan fingerprint density at radius 2 is 2.00 bits per heavy atom. The first-order valence-corrected chi connectivity index (χ1v) is 8.46. The van der Waals surface area contributed by atoms with E-state index >= 15 is 0 Å². The molecule has 3 rings (SSSR count). The summed E-state index contributed by atoms with van der Waals surface area (Å²) in [5.74, 6) is 1.88. The zero-order chi connectivity index (χ0) is 16.8. The Labute approximate surface area is 143 Å². The molecule has 2 heterocycles. The summed E-state index contributed by atoms with van der Waals surface area (Å²) in [6, 6.07) is 6.09. The average molecular weight is 331 g/mol. The summed E-state index contributed by atoms with van der Waals surface area (Å²) < 4.78 is 10.8. The molecule has 2 aliphatic heterocycles. The first-order valence-electron chi connectivity index (χ1n) is 8.46. The average Bonchev–Trinajstić information content (AvgIpc) is 3.07. The molecule has 0 radical (unpaired) electrons. The van der Waals surface area contributed by atoms with Crippen molar-refractivity contribution < 1.29 is 14.3 Å². The van der Waals surface area contributed by atoms with E-state index in [1.54, 1.807) is 6.08 Å². The highest BCUT2D eigenvalue weighted by Crippen LogP contribution is 2.32. The maximum Gasteiger partial charge on any atom is 0.231 e. The number of nitrogens with one attached hydrogen (secondary N) is 1. The van der Waals surface area contributed by atoms with Gasteiger partial charge in [-0.05, 0) is 17.7 Å². The summed E-state index contributed by atoms with van der Waals surface area (Å²) >= 11 is 0. The van der Waals surface area contributed by atoms with Crippen molar-refractivity contribution in [2.75, 3.05) is 46.1 Å². The lowest BCUT2D eigenvalue weighted by Crippen LogP contribution is -2.48. The summed E-state index contributed by atoms with van der Waals surface area (Å²) in [5, 5.41) is 3.17. The molecule has 0 atom stereocenters. The molecule has 0 unspecified atom stereocenters. The van der Waals surface area contributed by atoms with E-state index in [-0.39, 0.29) is 5.91 Å². The number of piperazine rings is 1. The van der Waals surface area contributed by atoms with Crippen LogP contribution in [-0.2, 0) is 11.3 Å². The number of carbonyl (C=O) groups excluding carboxylic acids is 1. The second-order valence-corrected chi connectivity index (χ2v) is 6.09. The maximum absolute atomic E-state index is 12.2. The van der Waals surface area contributed by atoms with Crippen LogP contribution in [0.25, 0.3) is 0 Å². The van der Waals surface area contributed by atoms with Crippen LogP contribution < -0.4 is 14.8 Å². The van der Waals surface area contributed by atoms with E-state index in [1.807, 2.05) is 17.0 Å². The molecule has 6 nitrogen and oxygen atoms in total. The van der Waals surface area contributed by atoms with Crippen LogP contribution in [0.15, 0.2) is 30.9 Å². The van der Waals surface area contributed by atoms with E-state index in [0.717, 1.165) is 50.8 Å². The molecule has 0 bridgehead atoms. The first-order chi connectivity index (χ1) is 11.8. The number of nitrogens with zero attached hydrogens (tertiary/aromatic N) is 2. The van der Waals surface area contributed by atoms with Crippen molar-refractivity contribution in [1.82, 2.24) is 15.1 Å². The Morgan fingerprint density at radius 1 is 1.21 bits per heavy atom. The normalized spacial score (nSPS) is 17.1. The van der Waals surface area contributed by atoms with Crippen LogP contribution in [0.1, 0.15) is 12.0 Å². The molecule has 2 aliphatic rings. The van der Waals surface area contributed by atoms with Gasteiger partial charge in [-0.3, -0.25) is 9.69 Å². The smallest absolute Gasteiger partial charge is 0.231 e. The van der Waals surface area contributed by atoms with Crippen LogP contribution in [0.2, 0.25) is 0 Å². The highest BCUT2D eigenvalue weighted by atomic mass is 16.7. The van der Waals surface area contributed by atoms with Gasteiger partial charge >= 0.3 is 0 Å². The topological polar surface area (TPSA) is 54.0 Å². The molecule has 1 amide bonds. The van der Waals surface area contributed by atoms with E-state index in [4.69, 9.17) is 9.47 Å². The van der Waals surface area contributed by atoms with E-state index < -0.39 is 0 Å². The summed E-state index contributed by atoms with van der Waals surface area (Å²) in [7, 11) is 0. The van der Waals surface area contributed by atoms with Crippen molar-refractivity contribution in [2.45, 2.75) is 13.0 Å². The second kappa shape index (κ2) is 8.17. The highest BCUT2D eigenvalue weighted by Gasteiger charge is 2.21. The van der Waals surface area contributed by atoms with E-state index in [0.29, 0.717) is 19.8 Å². The molecule has 1 N–H and O–H groups in total. The van der Waals surface area contributed by atoms with Gasteiger partial charge in [0, 0.05) is 52.2 Å². The minimum atomic E-state index is 0.231. The molecule has 1 aromatic carbocycles. The fraction of sp³-hybridized carbons (Fsp3) is 0.500. The second-order valence-electron chi connectivity index (χ2n) is 6.09. The number of benzene rings is 1. The number of fused-ring (bicyclic) bond motifs is 1. The Morgan fingerprint density at radius 3 is 2.79 bits per heavy atom. The van der Waals surface area contributed by atoms with Gasteiger partial charge in [-0.15, -0.1) is 6.58 Å². The van der Waals surface area contributed by atoms with E-state index in [2.05, 4.69) is 22.9 Å². The maximum atomic E-state index is 12.2. The molecule has 1 aromatic rings. The Kier molecular flexibility index (Phi) is 5.72. The number of amides is 1. The van der Waals surface area contributed by atoms with Gasteiger partial charge in [0.25, 0.3) is 0 Å². The lowest BCUT2D eigenvalue weighted by Gasteiger charge is -2.34. The van der Waals surface area contributed by atoms with Gasteiger partial charge in [-0.1, -0.05) is 12.1 Å². The zero-order valence-electron chi connectivity index (χ0n) is 14.0. The largest absolute Gasteiger partial charge is 0.454 e. The van der Waals surface area contributed by atoms with Crippen molar-refractivity contribution in [3.05, 3.63) is 36.4 Å². The van der Waals surface area contributed by atoms with Crippen molar-refractivity contribution in [3.8, 4) is 11.5 Å². The van der Waals surface area contributed by atoms with Crippen LogP contribution in [0, 0.1) is 0 Å². The Hall–Kier alpha value is -2.05. The molecular formula is C18H25N3O3. The summed E-state index contributed by atoms with van der Waals surface area (Å²) in [6.45, 7) is 9.69. The summed E-state index contributed by atoms with van der Waals surface area (Å²) in [5.41, 5.74) is 1.22. The standard InChI is InChI=1S/C18H25N3O3/c1-2-6-19-7-5-18(22)21-10-8-20(9-11-21)13-15-3-4-16-17(12-15)24-14-23-16/h2-4,12,19H,1,5-11,13-14H2. The number of carbonyl (C=O) groups is 1. The predicted octanol–water partition coefficient (Wildman–Crippen LogP) is 1.23. The van der Waals surface area contributed by atoms with Crippen LogP contribution in [-0.4, -0.2) is 61.8 Å². The molecule has 1 fully saturated rings. The van der Waals surface area contributed by atoms with Crippen molar-refractivity contribution >= 4 is 5.91 Å². The van der Waals surface area contributed by atoms with Gasteiger partial charge in [-0.2, -0.15) is 0 Å². The molecule has 6 heteroatoms. The van der Waals surface area contributed by atoms with Crippen LogP contribution in [0.3, 0.4) is 0 Å². The fourth-order valence-corrected chi connectivity index (χ4v) is 3.01. The Bertz CT molecular complexity index is 583. The SMILES string of the molecule is C=CCNCCC(=O)N1CCN(Cc2ccc3c(c2)OCO3)CC1. The molecule has 0 spiro atoms. The minimum absolute atomic E-state index is 0.231. The fourth-order valence-electron chi connectivity index (χ4n) is 3.01. The quantitative estimate of drug-likeness (QED) is 0.601. The third-order valence-corrected chi connectivity index (χ3v) is 4.37. The van der Waals surface area contributed by atoms with Crippen molar-refractivity contribution in [3.63, 3.8) is 0 Å². The van der Waals surface area contributed by atoms with Crippen LogP contribution in [0.5, 0.6) is 11.5 Å². The lowest BCUT2D eigenvalue weighted by molar-refractivity contribution is -0.132. The van der Waals surface area contributed by atoms with Crippen molar-refractivity contribution in [1.29, 1.82) is 0 Å². The number of hydrogen-bond acceptors (Lipinski definition) is 5. The molecule has 1 saturated heterocycles. The third kappa shape index (κ3) is 4.27. The van der Waals surface area contributed by atoms with Crippen LogP contribution >= 0.6 is 0 Å². The van der Waals surface area contributed by atoms with Gasteiger partial charge < -0.3 is 19.7 Å². The van der Waals surface area contributed by atoms with Gasteiger partial charge in [0.05, 0.1) is 0 Å². The molecule has 0 aromatic heterocycles. The van der Waals surface area contributed by atoms with Crippen molar-refractivity contribution in [2.24, 2.45) is 0 Å². The minimum Gasteiger partial charge on any atom is -0.454 e. The number of rotatable bonds is 7. The lowest BCUT2D eigenvalue weighted by atomic mass is 10.1. The zero-order valence-corrected chi connectivity index (χ0v) is 14.0. The molecule has 0 saturated carbocycles. The third-order valence-electron chi connectivity index (χ3n) is 4.37. The van der Waals surface area contributed by atoms with Crippen LogP contribution in [0.4, 0.5) is 0 Å². The van der Waals surface area contributed by atoms with Gasteiger partial charge in [-0.25, -0.2) is 0 Å². The van der Waals surface area contributed by atoms with Gasteiger partial charge in [0.1, 0.15) is 0 Å². The first kappa shape index (κ1) is 16.8. The van der Waals surface area contributed by atoms with Gasteiger partial charge in [0.2, 0.25) is 12.7 Å². The van der Waals surface area contributed by atoms with Gasteiger partial charge in [0.15, 0.2) is 11.5 Å². The monoisotopic (exact) mass is 331 g/mol. The Balaban J connectivity index is 1.42.